The monoisotopic (exact) mass is 352 g/mol. The highest BCUT2D eigenvalue weighted by Gasteiger charge is 2.43. The summed E-state index contributed by atoms with van der Waals surface area (Å²) in [5.74, 6) is 1.64. The van der Waals surface area contributed by atoms with Crippen molar-refractivity contribution in [3.05, 3.63) is 22.7 Å². The number of halogens is 1. The normalized spacial score (nSPS) is 20.5. The number of unbranched alkanes of at least 4 members (excludes halogenated alkanes) is 2. The highest BCUT2D eigenvalue weighted by Crippen LogP contribution is 2.42. The van der Waals surface area contributed by atoms with Crippen LogP contribution in [0.25, 0.3) is 0 Å². The lowest BCUT2D eigenvalue weighted by Gasteiger charge is -2.15. The van der Waals surface area contributed by atoms with Crippen molar-refractivity contribution in [2.24, 2.45) is 11.8 Å². The summed E-state index contributed by atoms with van der Waals surface area (Å²) in [5.41, 5.74) is 6.63. The van der Waals surface area contributed by atoms with E-state index >= 15 is 0 Å². The Morgan fingerprint density at radius 1 is 1.42 bits per heavy atom. The molecule has 3 unspecified atom stereocenters. The molecule has 0 heterocycles. The first-order valence-corrected chi connectivity index (χ1v) is 9.33. The van der Waals surface area contributed by atoms with Crippen molar-refractivity contribution in [3.63, 3.8) is 0 Å². The van der Waals surface area contributed by atoms with E-state index in [0.717, 1.165) is 6.42 Å². The second-order valence-corrected chi connectivity index (χ2v) is 7.12. The topological polar surface area (TPSA) is 64.4 Å². The lowest BCUT2D eigenvalue weighted by Crippen LogP contribution is -2.28. The minimum absolute atomic E-state index is 0.135. The van der Waals surface area contributed by atoms with Gasteiger partial charge in [-0.05, 0) is 24.3 Å². The van der Waals surface area contributed by atoms with E-state index in [4.69, 9.17) is 22.1 Å². The Kier molecular flexibility index (Phi) is 6.79. The van der Waals surface area contributed by atoms with E-state index in [1.807, 2.05) is 0 Å². The Balaban J connectivity index is 1.95. The fraction of sp³-hybridized carbons (Fsp3) is 0.632. The van der Waals surface area contributed by atoms with Crippen LogP contribution >= 0.6 is 11.6 Å². The molecule has 4 nitrogen and oxygen atoms in total. The van der Waals surface area contributed by atoms with Gasteiger partial charge in [-0.1, -0.05) is 57.6 Å². The number of nitrogen functional groups attached to an aromatic ring is 1. The zero-order valence-electron chi connectivity index (χ0n) is 14.9. The molecule has 0 radical (unpaired) electrons. The van der Waals surface area contributed by atoms with Crippen molar-refractivity contribution in [2.45, 2.75) is 58.4 Å². The minimum Gasteiger partial charge on any atom is -0.496 e. The molecule has 1 fully saturated rings. The second kappa shape index (κ2) is 8.61. The second-order valence-electron chi connectivity index (χ2n) is 6.72. The number of hydrogen-bond donors (Lipinski definition) is 2. The maximum atomic E-state index is 12.6. The van der Waals surface area contributed by atoms with Gasteiger partial charge in [0.15, 0.2) is 0 Å². The molecule has 3 N–H and O–H groups in total. The number of carbonyl (C=O) groups excluding carboxylic acids is 1. The van der Waals surface area contributed by atoms with Gasteiger partial charge < -0.3 is 15.8 Å². The minimum atomic E-state index is -0.135. The predicted molar refractivity (Wildman–Crippen MR) is 99.7 cm³/mol. The fourth-order valence-electron chi connectivity index (χ4n) is 3.44. The first kappa shape index (κ1) is 18.9. The highest BCUT2D eigenvalue weighted by molar-refractivity contribution is 6.33. The van der Waals surface area contributed by atoms with Gasteiger partial charge in [-0.25, -0.2) is 0 Å². The Bertz CT molecular complexity index is 577. The summed E-state index contributed by atoms with van der Waals surface area (Å²) in [7, 11) is 1.53. The number of ether oxygens (including phenoxy) is 1. The van der Waals surface area contributed by atoms with Crippen LogP contribution in [0.1, 0.15) is 62.7 Å². The molecule has 134 valence electrons. The maximum absolute atomic E-state index is 12.6. The molecule has 1 saturated carbocycles. The molecule has 0 spiro atoms. The molecular weight excluding hydrogens is 324 g/mol. The quantitative estimate of drug-likeness (QED) is 0.502. The summed E-state index contributed by atoms with van der Waals surface area (Å²) in [4.78, 5) is 12.6. The molecular formula is C19H29ClN2O2. The van der Waals surface area contributed by atoms with E-state index in [9.17, 15) is 4.79 Å². The van der Waals surface area contributed by atoms with Crippen LogP contribution in [0.15, 0.2) is 12.1 Å². The molecule has 3 atom stereocenters. The van der Waals surface area contributed by atoms with Crippen LogP contribution in [0.2, 0.25) is 5.02 Å². The van der Waals surface area contributed by atoms with Crippen LogP contribution in [0.5, 0.6) is 5.75 Å². The molecule has 24 heavy (non-hydrogen) atoms. The molecule has 0 aliphatic heterocycles. The number of nitrogens with one attached hydrogen (secondary N) is 1. The number of amides is 1. The van der Waals surface area contributed by atoms with Gasteiger partial charge in [0.05, 0.1) is 23.4 Å². The molecule has 1 aromatic carbocycles. The predicted octanol–water partition coefficient (Wildman–Crippen LogP) is 4.66. The fourth-order valence-corrected chi connectivity index (χ4v) is 3.60. The lowest BCUT2D eigenvalue weighted by molar-refractivity contribution is 0.0944. The first-order valence-electron chi connectivity index (χ1n) is 8.95. The van der Waals surface area contributed by atoms with E-state index in [-0.39, 0.29) is 11.9 Å². The third-order valence-corrected chi connectivity index (χ3v) is 5.36. The van der Waals surface area contributed by atoms with Gasteiger partial charge in [0.1, 0.15) is 5.75 Å². The van der Waals surface area contributed by atoms with Crippen molar-refractivity contribution in [2.75, 3.05) is 12.8 Å². The van der Waals surface area contributed by atoms with Crippen LogP contribution in [0.4, 0.5) is 5.69 Å². The van der Waals surface area contributed by atoms with Gasteiger partial charge in [-0.3, -0.25) is 4.79 Å². The number of rotatable bonds is 9. The summed E-state index contributed by atoms with van der Waals surface area (Å²) in [6.07, 6.45) is 7.34. The van der Waals surface area contributed by atoms with Gasteiger partial charge >= 0.3 is 0 Å². The van der Waals surface area contributed by atoms with Crippen molar-refractivity contribution in [1.82, 2.24) is 5.32 Å². The molecule has 1 aliphatic carbocycles. The van der Waals surface area contributed by atoms with Crippen molar-refractivity contribution in [3.8, 4) is 5.75 Å². The Labute approximate surface area is 150 Å². The third kappa shape index (κ3) is 4.56. The lowest BCUT2D eigenvalue weighted by atomic mass is 9.93. The van der Waals surface area contributed by atoms with Crippen LogP contribution in [-0.4, -0.2) is 19.1 Å². The first-order chi connectivity index (χ1) is 11.5. The molecule has 5 heteroatoms. The van der Waals surface area contributed by atoms with Crippen LogP contribution in [0, 0.1) is 11.8 Å². The molecule has 0 aromatic heterocycles. The summed E-state index contributed by atoms with van der Waals surface area (Å²) in [6, 6.07) is 3.45. The van der Waals surface area contributed by atoms with Gasteiger partial charge in [0, 0.05) is 12.1 Å². The number of carbonyl (C=O) groups is 1. The standard InChI is InChI=1S/C19H29ClN2O2/c1-4-6-7-8-12(5-2)13-10-17(13)22-19(23)14-9-15(20)16(21)11-18(14)24-3/h9,11-13,17H,4-8,10,21H2,1-3H3,(H,22,23). The van der Waals surface area contributed by atoms with E-state index < -0.39 is 0 Å². The highest BCUT2D eigenvalue weighted by atomic mass is 35.5. The average molecular weight is 353 g/mol. The zero-order chi connectivity index (χ0) is 17.7. The molecule has 0 saturated heterocycles. The molecule has 1 amide bonds. The number of methoxy groups -OCH3 is 1. The average Bonchev–Trinajstić information content (AvgIpc) is 3.32. The number of benzene rings is 1. The van der Waals surface area contributed by atoms with Crippen molar-refractivity contribution >= 4 is 23.2 Å². The summed E-state index contributed by atoms with van der Waals surface area (Å²) >= 11 is 6.05. The number of nitrogens with two attached hydrogens (primary N) is 1. The van der Waals surface area contributed by atoms with Gasteiger partial charge in [-0.2, -0.15) is 0 Å². The maximum Gasteiger partial charge on any atom is 0.255 e. The summed E-state index contributed by atoms with van der Waals surface area (Å²) in [5, 5.41) is 3.50. The Hall–Kier alpha value is -1.42. The van der Waals surface area contributed by atoms with Crippen LogP contribution in [0.3, 0.4) is 0 Å². The van der Waals surface area contributed by atoms with E-state index in [0.29, 0.717) is 33.9 Å². The molecule has 2 rings (SSSR count). The van der Waals surface area contributed by atoms with Crippen molar-refractivity contribution in [1.29, 1.82) is 0 Å². The molecule has 0 bridgehead atoms. The number of anilines is 1. The van der Waals surface area contributed by atoms with E-state index in [2.05, 4.69) is 19.2 Å². The Morgan fingerprint density at radius 2 is 2.17 bits per heavy atom. The summed E-state index contributed by atoms with van der Waals surface area (Å²) in [6.45, 7) is 4.48. The number of hydrogen-bond acceptors (Lipinski definition) is 3. The smallest absolute Gasteiger partial charge is 0.255 e. The molecule has 1 aliphatic rings. The molecule has 1 aromatic rings. The van der Waals surface area contributed by atoms with Gasteiger partial charge in [0.25, 0.3) is 5.91 Å². The van der Waals surface area contributed by atoms with E-state index in [1.54, 1.807) is 12.1 Å². The van der Waals surface area contributed by atoms with Gasteiger partial charge in [-0.15, -0.1) is 0 Å². The largest absolute Gasteiger partial charge is 0.496 e. The zero-order valence-corrected chi connectivity index (χ0v) is 15.7. The Morgan fingerprint density at radius 3 is 2.79 bits per heavy atom. The summed E-state index contributed by atoms with van der Waals surface area (Å²) < 4.78 is 5.27. The third-order valence-electron chi connectivity index (χ3n) is 5.03. The van der Waals surface area contributed by atoms with Crippen molar-refractivity contribution < 1.29 is 9.53 Å². The van der Waals surface area contributed by atoms with Gasteiger partial charge in [0.2, 0.25) is 0 Å². The SMILES string of the molecule is CCCCCC(CC)C1CC1NC(=O)c1cc(Cl)c(N)cc1OC. The van der Waals surface area contributed by atoms with E-state index in [1.165, 1.54) is 39.2 Å². The van der Waals surface area contributed by atoms with Crippen LogP contribution in [-0.2, 0) is 0 Å². The van der Waals surface area contributed by atoms with Crippen LogP contribution < -0.4 is 15.8 Å².